The van der Waals surface area contributed by atoms with Crippen LogP contribution in [0.15, 0.2) is 39.2 Å². The largest absolute Gasteiger partial charge is 0.478 e. The van der Waals surface area contributed by atoms with E-state index in [0.717, 1.165) is 5.39 Å². The molecule has 0 saturated carbocycles. The highest BCUT2D eigenvalue weighted by Gasteiger charge is 2.13. The Bertz CT molecular complexity index is 785. The average Bonchev–Trinajstić information content (AvgIpc) is 2.82. The van der Waals surface area contributed by atoms with E-state index in [-0.39, 0.29) is 5.56 Å². The van der Waals surface area contributed by atoms with Crippen LogP contribution in [0.3, 0.4) is 0 Å². The van der Waals surface area contributed by atoms with E-state index in [1.54, 1.807) is 13.0 Å². The lowest BCUT2D eigenvalue weighted by atomic mass is 10.3. The van der Waals surface area contributed by atoms with Crippen LogP contribution >= 0.6 is 11.8 Å². The van der Waals surface area contributed by atoms with Crippen molar-refractivity contribution in [2.45, 2.75) is 17.0 Å². The van der Waals surface area contributed by atoms with Crippen LogP contribution in [0.1, 0.15) is 16.1 Å². The summed E-state index contributed by atoms with van der Waals surface area (Å²) in [5.74, 6) is -1.01. The maximum atomic E-state index is 10.8. The van der Waals surface area contributed by atoms with E-state index < -0.39 is 5.97 Å². The quantitative estimate of drug-likeness (QED) is 0.731. The second-order valence-corrected chi connectivity index (χ2v) is 4.93. The molecule has 3 aromatic heterocycles. The van der Waals surface area contributed by atoms with E-state index in [0.29, 0.717) is 21.5 Å². The molecule has 20 heavy (non-hydrogen) atoms. The molecule has 0 aliphatic carbocycles. The first-order valence-electron chi connectivity index (χ1n) is 5.59. The van der Waals surface area contributed by atoms with Crippen molar-refractivity contribution < 1.29 is 14.4 Å². The molecule has 3 heterocycles. The third-order valence-electron chi connectivity index (χ3n) is 2.59. The topological polar surface area (TPSA) is 102 Å². The molecule has 0 aromatic carbocycles. The van der Waals surface area contributed by atoms with Gasteiger partial charge in [0.1, 0.15) is 16.4 Å². The molecular formula is C12H8N4O3S. The van der Waals surface area contributed by atoms with Gasteiger partial charge in [-0.05, 0) is 30.8 Å². The van der Waals surface area contributed by atoms with Gasteiger partial charge < -0.3 is 9.63 Å². The monoisotopic (exact) mass is 288 g/mol. The highest BCUT2D eigenvalue weighted by Crippen LogP contribution is 2.31. The molecule has 0 aliphatic heterocycles. The van der Waals surface area contributed by atoms with Crippen molar-refractivity contribution in [1.82, 2.24) is 20.1 Å². The van der Waals surface area contributed by atoms with Gasteiger partial charge in [-0.25, -0.2) is 14.8 Å². The van der Waals surface area contributed by atoms with Gasteiger partial charge in [-0.3, -0.25) is 0 Å². The Morgan fingerprint density at radius 1 is 1.30 bits per heavy atom. The summed E-state index contributed by atoms with van der Waals surface area (Å²) in [5.41, 5.74) is 1.26. The normalized spacial score (nSPS) is 10.8. The van der Waals surface area contributed by atoms with Crippen LogP contribution in [0.4, 0.5) is 0 Å². The fourth-order valence-electron chi connectivity index (χ4n) is 1.63. The van der Waals surface area contributed by atoms with Crippen molar-refractivity contribution in [3.8, 4) is 0 Å². The zero-order valence-corrected chi connectivity index (χ0v) is 11.1. The number of pyridine rings is 1. The Balaban J connectivity index is 1.96. The zero-order valence-electron chi connectivity index (χ0n) is 10.3. The van der Waals surface area contributed by atoms with Crippen molar-refractivity contribution in [2.24, 2.45) is 0 Å². The molecule has 0 bridgehead atoms. The summed E-state index contributed by atoms with van der Waals surface area (Å²) in [6.45, 7) is 1.81. The Labute approximate surface area is 117 Å². The molecule has 1 N–H and O–H groups in total. The first-order valence-corrected chi connectivity index (χ1v) is 6.41. The molecule has 0 spiro atoms. The van der Waals surface area contributed by atoms with Crippen LogP contribution in [0.25, 0.3) is 11.1 Å². The van der Waals surface area contributed by atoms with Crippen molar-refractivity contribution in [1.29, 1.82) is 0 Å². The minimum absolute atomic E-state index is 0.142. The number of rotatable bonds is 3. The number of hydrogen-bond acceptors (Lipinski definition) is 7. The number of hydrogen-bond donors (Lipinski definition) is 1. The number of fused-ring (bicyclic) bond motifs is 1. The Morgan fingerprint density at radius 2 is 2.15 bits per heavy atom. The number of carboxylic acid groups (broad SMARTS) is 1. The van der Waals surface area contributed by atoms with E-state index in [9.17, 15) is 4.79 Å². The van der Waals surface area contributed by atoms with Gasteiger partial charge >= 0.3 is 5.97 Å². The lowest BCUT2D eigenvalue weighted by Gasteiger charge is -2.01. The van der Waals surface area contributed by atoms with Gasteiger partial charge in [0.2, 0.25) is 0 Å². The lowest BCUT2D eigenvalue weighted by Crippen LogP contribution is -1.96. The summed E-state index contributed by atoms with van der Waals surface area (Å²) < 4.78 is 5.07. The third kappa shape index (κ3) is 2.21. The van der Waals surface area contributed by atoms with E-state index in [1.165, 1.54) is 30.4 Å². The van der Waals surface area contributed by atoms with E-state index in [1.807, 2.05) is 0 Å². The number of aryl methyl sites for hydroxylation is 1. The van der Waals surface area contributed by atoms with Gasteiger partial charge in [-0.15, -0.1) is 0 Å². The molecule has 3 rings (SSSR count). The molecule has 0 amide bonds. The number of carboxylic acids is 1. The lowest BCUT2D eigenvalue weighted by molar-refractivity contribution is 0.0696. The van der Waals surface area contributed by atoms with Crippen molar-refractivity contribution in [2.75, 3.05) is 0 Å². The van der Waals surface area contributed by atoms with Gasteiger partial charge in [-0.2, -0.15) is 4.98 Å². The van der Waals surface area contributed by atoms with Crippen molar-refractivity contribution in [3.05, 3.63) is 35.9 Å². The van der Waals surface area contributed by atoms with E-state index in [2.05, 4.69) is 20.1 Å². The molecule has 7 nitrogen and oxygen atoms in total. The summed E-state index contributed by atoms with van der Waals surface area (Å²) in [5, 5.41) is 14.7. The Morgan fingerprint density at radius 3 is 2.85 bits per heavy atom. The minimum atomic E-state index is -1.01. The van der Waals surface area contributed by atoms with Crippen molar-refractivity contribution >= 4 is 28.8 Å². The van der Waals surface area contributed by atoms with Gasteiger partial charge in [0.15, 0.2) is 0 Å². The number of aromatic nitrogens is 4. The number of aromatic carboxylic acids is 1. The Kier molecular flexibility index (Phi) is 3.07. The maximum absolute atomic E-state index is 10.8. The molecule has 0 fully saturated rings. The van der Waals surface area contributed by atoms with Gasteiger partial charge in [0.05, 0.1) is 16.6 Å². The summed E-state index contributed by atoms with van der Waals surface area (Å²) in [6.07, 6.45) is 2.70. The van der Waals surface area contributed by atoms with Gasteiger partial charge in [0.25, 0.3) is 5.71 Å². The molecule has 100 valence electrons. The van der Waals surface area contributed by atoms with Crippen LogP contribution in [0.5, 0.6) is 0 Å². The van der Waals surface area contributed by atoms with E-state index in [4.69, 9.17) is 9.63 Å². The standard InChI is InChI=1S/C12H8N4O3S/c1-6-9-10(19-16-6)14-5-15-11(9)20-8-3-2-7(4-13-8)12(17)18/h2-5H,1H3,(H,17,18). The van der Waals surface area contributed by atoms with Crippen LogP contribution in [0.2, 0.25) is 0 Å². The smallest absolute Gasteiger partial charge is 0.337 e. The average molecular weight is 288 g/mol. The Hall–Kier alpha value is -2.48. The summed E-state index contributed by atoms with van der Waals surface area (Å²) in [6, 6.07) is 3.13. The van der Waals surface area contributed by atoms with Crippen LogP contribution in [0, 0.1) is 6.92 Å². The van der Waals surface area contributed by atoms with Crippen LogP contribution in [-0.2, 0) is 0 Å². The van der Waals surface area contributed by atoms with Crippen molar-refractivity contribution in [3.63, 3.8) is 0 Å². The second kappa shape index (κ2) is 4.89. The summed E-state index contributed by atoms with van der Waals surface area (Å²) >= 11 is 1.30. The maximum Gasteiger partial charge on any atom is 0.337 e. The number of nitrogens with zero attached hydrogens (tertiary/aromatic N) is 4. The highest BCUT2D eigenvalue weighted by molar-refractivity contribution is 7.99. The molecule has 0 aliphatic rings. The fourth-order valence-corrected chi connectivity index (χ4v) is 2.51. The third-order valence-corrected chi connectivity index (χ3v) is 3.55. The molecule has 0 radical (unpaired) electrons. The zero-order chi connectivity index (χ0) is 14.1. The van der Waals surface area contributed by atoms with Crippen LogP contribution < -0.4 is 0 Å². The first-order chi connectivity index (χ1) is 9.65. The predicted molar refractivity (Wildman–Crippen MR) is 69.7 cm³/mol. The number of carbonyl (C=O) groups is 1. The summed E-state index contributed by atoms with van der Waals surface area (Å²) in [4.78, 5) is 23.0. The molecule has 0 atom stereocenters. The second-order valence-electron chi connectivity index (χ2n) is 3.92. The molecule has 0 unspecified atom stereocenters. The predicted octanol–water partition coefficient (Wildman–Crippen LogP) is 2.17. The molecule has 3 aromatic rings. The highest BCUT2D eigenvalue weighted by atomic mass is 32.2. The SMILES string of the molecule is Cc1noc2ncnc(Sc3ccc(C(=O)O)cn3)c12. The minimum Gasteiger partial charge on any atom is -0.478 e. The van der Waals surface area contributed by atoms with Crippen LogP contribution in [-0.4, -0.2) is 31.2 Å². The summed E-state index contributed by atoms with van der Waals surface area (Å²) in [7, 11) is 0. The molecular weight excluding hydrogens is 280 g/mol. The van der Waals surface area contributed by atoms with E-state index >= 15 is 0 Å². The first kappa shape index (κ1) is 12.5. The van der Waals surface area contributed by atoms with Gasteiger partial charge in [-0.1, -0.05) is 5.16 Å². The fraction of sp³-hybridized carbons (Fsp3) is 0.0833. The van der Waals surface area contributed by atoms with Gasteiger partial charge in [0, 0.05) is 6.20 Å². The molecule has 8 heteroatoms. The molecule has 0 saturated heterocycles.